The summed E-state index contributed by atoms with van der Waals surface area (Å²) in [6.07, 6.45) is 4.80. The number of nitrogens with zero attached hydrogens (tertiary/aromatic N) is 1. The molecule has 0 unspecified atom stereocenters. The standard InChI is InChI=1S/C23H28N2O2/c26-23(22-11-5-4-10-21(22)18-7-2-1-3-8-18)24-19-12-14-25(15-13-19)17-20-9-6-16-27-20/h1-5,7-8,10-11,19-20H,6,9,12-17H2,(H,24,26)/t20-/m0/s1. The molecule has 0 bridgehead atoms. The monoisotopic (exact) mass is 364 g/mol. The summed E-state index contributed by atoms with van der Waals surface area (Å²) in [6, 6.07) is 18.2. The van der Waals surface area contributed by atoms with Crippen molar-refractivity contribution in [3.05, 3.63) is 60.2 Å². The van der Waals surface area contributed by atoms with Crippen molar-refractivity contribution in [3.8, 4) is 11.1 Å². The Morgan fingerprint density at radius 1 is 1.00 bits per heavy atom. The van der Waals surface area contributed by atoms with Gasteiger partial charge in [0, 0.05) is 37.8 Å². The molecule has 1 amide bonds. The maximum atomic E-state index is 12.9. The zero-order chi connectivity index (χ0) is 18.5. The minimum atomic E-state index is 0.0343. The Bertz CT molecular complexity index is 748. The Morgan fingerprint density at radius 3 is 2.48 bits per heavy atom. The molecular weight excluding hydrogens is 336 g/mol. The number of nitrogens with one attached hydrogen (secondary N) is 1. The van der Waals surface area contributed by atoms with Crippen molar-refractivity contribution in [1.82, 2.24) is 10.2 Å². The van der Waals surface area contributed by atoms with Gasteiger partial charge in [-0.1, -0.05) is 48.5 Å². The number of carbonyl (C=O) groups excluding carboxylic acids is 1. The van der Waals surface area contributed by atoms with Crippen LogP contribution >= 0.6 is 0 Å². The summed E-state index contributed by atoms with van der Waals surface area (Å²) in [5.41, 5.74) is 2.83. The SMILES string of the molecule is O=C(NC1CCN(C[C@@H]2CCCO2)CC1)c1ccccc1-c1ccccc1. The predicted molar refractivity (Wildman–Crippen MR) is 108 cm³/mol. The Labute approximate surface area is 161 Å². The van der Waals surface area contributed by atoms with E-state index in [1.165, 1.54) is 12.8 Å². The van der Waals surface area contributed by atoms with E-state index in [0.29, 0.717) is 6.10 Å². The predicted octanol–water partition coefficient (Wildman–Crippen LogP) is 3.73. The highest BCUT2D eigenvalue weighted by molar-refractivity contribution is 6.01. The lowest BCUT2D eigenvalue weighted by Gasteiger charge is -2.33. The van der Waals surface area contributed by atoms with Crippen LogP contribution in [-0.4, -0.2) is 49.2 Å². The lowest BCUT2D eigenvalue weighted by Crippen LogP contribution is -2.46. The van der Waals surface area contributed by atoms with Gasteiger partial charge in [-0.05, 0) is 42.9 Å². The molecule has 0 aromatic heterocycles. The second-order valence-electron chi connectivity index (χ2n) is 7.59. The van der Waals surface area contributed by atoms with E-state index in [4.69, 9.17) is 4.74 Å². The number of piperidine rings is 1. The quantitative estimate of drug-likeness (QED) is 0.879. The van der Waals surface area contributed by atoms with Gasteiger partial charge < -0.3 is 15.0 Å². The first-order valence-corrected chi connectivity index (χ1v) is 10.1. The summed E-state index contributed by atoms with van der Waals surface area (Å²) in [5.74, 6) is 0.0343. The van der Waals surface area contributed by atoms with Crippen LogP contribution in [0.3, 0.4) is 0 Å². The average Bonchev–Trinajstić information content (AvgIpc) is 3.23. The molecule has 1 N–H and O–H groups in total. The molecule has 2 saturated heterocycles. The summed E-state index contributed by atoms with van der Waals surface area (Å²) in [4.78, 5) is 15.4. The van der Waals surface area contributed by atoms with Gasteiger partial charge in [0.05, 0.1) is 6.10 Å². The van der Waals surface area contributed by atoms with Gasteiger partial charge >= 0.3 is 0 Å². The molecule has 2 heterocycles. The summed E-state index contributed by atoms with van der Waals surface area (Å²) in [7, 11) is 0. The Kier molecular flexibility index (Phi) is 5.85. The van der Waals surface area contributed by atoms with Gasteiger partial charge in [-0.3, -0.25) is 4.79 Å². The number of rotatable bonds is 5. The van der Waals surface area contributed by atoms with E-state index >= 15 is 0 Å². The minimum Gasteiger partial charge on any atom is -0.377 e. The molecule has 4 nitrogen and oxygen atoms in total. The van der Waals surface area contributed by atoms with E-state index in [1.807, 2.05) is 42.5 Å². The summed E-state index contributed by atoms with van der Waals surface area (Å²) < 4.78 is 5.75. The number of likely N-dealkylation sites (tertiary alicyclic amines) is 1. The molecule has 4 rings (SSSR count). The molecule has 2 aromatic carbocycles. The van der Waals surface area contributed by atoms with Crippen molar-refractivity contribution in [2.75, 3.05) is 26.2 Å². The smallest absolute Gasteiger partial charge is 0.252 e. The van der Waals surface area contributed by atoms with Gasteiger partial charge in [0.15, 0.2) is 0 Å². The molecule has 0 radical (unpaired) electrons. The molecule has 2 aromatic rings. The largest absolute Gasteiger partial charge is 0.377 e. The molecule has 2 aliphatic rings. The molecule has 2 fully saturated rings. The molecule has 27 heavy (non-hydrogen) atoms. The van der Waals surface area contributed by atoms with E-state index in [-0.39, 0.29) is 11.9 Å². The van der Waals surface area contributed by atoms with Crippen molar-refractivity contribution < 1.29 is 9.53 Å². The summed E-state index contributed by atoms with van der Waals surface area (Å²) in [6.45, 7) is 4.02. The Hall–Kier alpha value is -2.17. The molecule has 4 heteroatoms. The molecule has 0 aliphatic carbocycles. The van der Waals surface area contributed by atoms with Crippen LogP contribution in [0, 0.1) is 0 Å². The minimum absolute atomic E-state index is 0.0343. The van der Waals surface area contributed by atoms with Crippen molar-refractivity contribution in [2.24, 2.45) is 0 Å². The highest BCUT2D eigenvalue weighted by atomic mass is 16.5. The third-order valence-corrected chi connectivity index (χ3v) is 5.67. The topological polar surface area (TPSA) is 41.6 Å². The van der Waals surface area contributed by atoms with Crippen LogP contribution in [0.1, 0.15) is 36.0 Å². The lowest BCUT2D eigenvalue weighted by molar-refractivity contribution is 0.0613. The summed E-state index contributed by atoms with van der Waals surface area (Å²) in [5, 5.41) is 3.26. The van der Waals surface area contributed by atoms with Gasteiger partial charge in [-0.25, -0.2) is 0 Å². The molecule has 142 valence electrons. The van der Waals surface area contributed by atoms with Crippen LogP contribution < -0.4 is 5.32 Å². The average molecular weight is 364 g/mol. The van der Waals surface area contributed by atoms with Gasteiger partial charge in [-0.15, -0.1) is 0 Å². The fourth-order valence-electron chi connectivity index (χ4n) is 4.15. The molecule has 0 spiro atoms. The van der Waals surface area contributed by atoms with Gasteiger partial charge in [0.1, 0.15) is 0 Å². The van der Waals surface area contributed by atoms with E-state index < -0.39 is 0 Å². The number of hydrogen-bond donors (Lipinski definition) is 1. The van der Waals surface area contributed by atoms with Crippen LogP contribution in [0.25, 0.3) is 11.1 Å². The number of benzene rings is 2. The number of amides is 1. The third-order valence-electron chi connectivity index (χ3n) is 5.67. The van der Waals surface area contributed by atoms with Crippen LogP contribution in [0.15, 0.2) is 54.6 Å². The third kappa shape index (κ3) is 4.57. The highest BCUT2D eigenvalue weighted by Gasteiger charge is 2.25. The fraction of sp³-hybridized carbons (Fsp3) is 0.435. The first-order chi connectivity index (χ1) is 13.3. The number of hydrogen-bond acceptors (Lipinski definition) is 3. The first-order valence-electron chi connectivity index (χ1n) is 10.1. The Balaban J connectivity index is 1.35. The maximum absolute atomic E-state index is 12.9. The van der Waals surface area contributed by atoms with Gasteiger partial charge in [-0.2, -0.15) is 0 Å². The van der Waals surface area contributed by atoms with Crippen LogP contribution in [-0.2, 0) is 4.74 Å². The van der Waals surface area contributed by atoms with E-state index in [2.05, 4.69) is 22.3 Å². The van der Waals surface area contributed by atoms with Crippen molar-refractivity contribution in [3.63, 3.8) is 0 Å². The second kappa shape index (κ2) is 8.68. The fourth-order valence-corrected chi connectivity index (χ4v) is 4.15. The zero-order valence-corrected chi connectivity index (χ0v) is 15.8. The van der Waals surface area contributed by atoms with Crippen LogP contribution in [0.5, 0.6) is 0 Å². The zero-order valence-electron chi connectivity index (χ0n) is 15.8. The summed E-state index contributed by atoms with van der Waals surface area (Å²) >= 11 is 0. The van der Waals surface area contributed by atoms with Crippen molar-refractivity contribution in [2.45, 2.75) is 37.8 Å². The lowest BCUT2D eigenvalue weighted by atomic mass is 9.98. The van der Waals surface area contributed by atoms with Gasteiger partial charge in [0.2, 0.25) is 0 Å². The first kappa shape index (κ1) is 18.2. The van der Waals surface area contributed by atoms with Gasteiger partial charge in [0.25, 0.3) is 5.91 Å². The highest BCUT2D eigenvalue weighted by Crippen LogP contribution is 2.24. The number of ether oxygens (including phenoxy) is 1. The second-order valence-corrected chi connectivity index (χ2v) is 7.59. The maximum Gasteiger partial charge on any atom is 0.252 e. The van der Waals surface area contributed by atoms with Crippen molar-refractivity contribution in [1.29, 1.82) is 0 Å². The normalized spacial score (nSPS) is 21.3. The van der Waals surface area contributed by atoms with Crippen molar-refractivity contribution >= 4 is 5.91 Å². The Morgan fingerprint density at radius 2 is 1.74 bits per heavy atom. The van der Waals surface area contributed by atoms with Crippen LogP contribution in [0.2, 0.25) is 0 Å². The van der Waals surface area contributed by atoms with E-state index in [0.717, 1.165) is 55.8 Å². The van der Waals surface area contributed by atoms with E-state index in [9.17, 15) is 4.79 Å². The molecule has 0 saturated carbocycles. The van der Waals surface area contributed by atoms with Crippen LogP contribution in [0.4, 0.5) is 0 Å². The number of carbonyl (C=O) groups is 1. The molecule has 2 aliphatic heterocycles. The molecular formula is C23H28N2O2. The van der Waals surface area contributed by atoms with E-state index in [1.54, 1.807) is 0 Å². The molecule has 1 atom stereocenters.